The molecule has 0 fully saturated rings. The third-order valence-electron chi connectivity index (χ3n) is 3.26. The molecule has 20 heavy (non-hydrogen) atoms. The van der Waals surface area contributed by atoms with Crippen molar-refractivity contribution in [2.24, 2.45) is 0 Å². The first kappa shape index (κ1) is 12.6. The summed E-state index contributed by atoms with van der Waals surface area (Å²) in [6, 6.07) is 19.2. The Morgan fingerprint density at radius 1 is 1.00 bits per heavy atom. The van der Waals surface area contributed by atoms with E-state index in [9.17, 15) is 5.11 Å². The molecule has 0 radical (unpaired) electrons. The molecule has 100 valence electrons. The third-order valence-corrected chi connectivity index (χ3v) is 3.26. The van der Waals surface area contributed by atoms with Crippen molar-refractivity contribution >= 4 is 0 Å². The second-order valence-corrected chi connectivity index (χ2v) is 4.80. The third kappa shape index (κ3) is 2.49. The van der Waals surface area contributed by atoms with Crippen molar-refractivity contribution in [2.75, 3.05) is 0 Å². The SMILES string of the molecule is Cc1ccc(C(O)c2cc(-c3ccccc3)on2)cc1. The van der Waals surface area contributed by atoms with Gasteiger partial charge in [0.1, 0.15) is 11.8 Å². The lowest BCUT2D eigenvalue weighted by Gasteiger charge is -2.07. The highest BCUT2D eigenvalue weighted by Crippen LogP contribution is 2.26. The van der Waals surface area contributed by atoms with Crippen molar-refractivity contribution in [3.05, 3.63) is 77.5 Å². The van der Waals surface area contributed by atoms with E-state index in [0.29, 0.717) is 11.5 Å². The highest BCUT2D eigenvalue weighted by molar-refractivity contribution is 5.57. The van der Waals surface area contributed by atoms with Crippen molar-refractivity contribution in [2.45, 2.75) is 13.0 Å². The topological polar surface area (TPSA) is 46.3 Å². The largest absolute Gasteiger partial charge is 0.382 e. The average molecular weight is 265 g/mol. The van der Waals surface area contributed by atoms with Gasteiger partial charge in [-0.3, -0.25) is 0 Å². The summed E-state index contributed by atoms with van der Waals surface area (Å²) in [5.41, 5.74) is 3.43. The van der Waals surface area contributed by atoms with E-state index in [4.69, 9.17) is 4.52 Å². The first-order valence-electron chi connectivity index (χ1n) is 6.51. The smallest absolute Gasteiger partial charge is 0.167 e. The molecule has 3 heteroatoms. The fourth-order valence-electron chi connectivity index (χ4n) is 2.08. The molecular weight excluding hydrogens is 250 g/mol. The molecule has 0 bridgehead atoms. The Morgan fingerprint density at radius 3 is 2.40 bits per heavy atom. The van der Waals surface area contributed by atoms with Gasteiger partial charge < -0.3 is 9.63 Å². The van der Waals surface area contributed by atoms with Crippen LogP contribution >= 0.6 is 0 Å². The van der Waals surface area contributed by atoms with E-state index in [1.807, 2.05) is 61.5 Å². The number of nitrogens with zero attached hydrogens (tertiary/aromatic N) is 1. The molecular formula is C17H15NO2. The predicted molar refractivity (Wildman–Crippen MR) is 77.2 cm³/mol. The number of aliphatic hydroxyl groups excluding tert-OH is 1. The van der Waals surface area contributed by atoms with E-state index in [2.05, 4.69) is 5.16 Å². The fourth-order valence-corrected chi connectivity index (χ4v) is 2.08. The zero-order valence-electron chi connectivity index (χ0n) is 11.2. The lowest BCUT2D eigenvalue weighted by atomic mass is 10.0. The van der Waals surface area contributed by atoms with Crippen LogP contribution in [0.2, 0.25) is 0 Å². The van der Waals surface area contributed by atoms with Crippen molar-refractivity contribution in [1.29, 1.82) is 0 Å². The molecule has 0 aliphatic carbocycles. The van der Waals surface area contributed by atoms with Gasteiger partial charge in [-0.2, -0.15) is 0 Å². The second kappa shape index (κ2) is 5.31. The van der Waals surface area contributed by atoms with Crippen LogP contribution in [0.15, 0.2) is 65.2 Å². The molecule has 1 unspecified atom stereocenters. The van der Waals surface area contributed by atoms with Gasteiger partial charge in [-0.25, -0.2) is 0 Å². The zero-order valence-corrected chi connectivity index (χ0v) is 11.2. The van der Waals surface area contributed by atoms with Crippen molar-refractivity contribution in [3.8, 4) is 11.3 Å². The summed E-state index contributed by atoms with van der Waals surface area (Å²) >= 11 is 0. The van der Waals surface area contributed by atoms with Crippen molar-refractivity contribution in [3.63, 3.8) is 0 Å². The normalized spacial score (nSPS) is 12.3. The molecule has 1 atom stereocenters. The first-order chi connectivity index (χ1) is 9.74. The Bertz CT molecular complexity index is 687. The molecule has 0 aliphatic rings. The number of rotatable bonds is 3. The van der Waals surface area contributed by atoms with Gasteiger partial charge in [0.2, 0.25) is 0 Å². The Balaban J connectivity index is 1.88. The van der Waals surface area contributed by atoms with Gasteiger partial charge >= 0.3 is 0 Å². The summed E-state index contributed by atoms with van der Waals surface area (Å²) in [5.74, 6) is 0.659. The molecule has 0 aliphatic heterocycles. The minimum Gasteiger partial charge on any atom is -0.382 e. The maximum Gasteiger partial charge on any atom is 0.167 e. The summed E-state index contributed by atoms with van der Waals surface area (Å²) in [6.07, 6.45) is -0.767. The highest BCUT2D eigenvalue weighted by Gasteiger charge is 2.16. The second-order valence-electron chi connectivity index (χ2n) is 4.80. The van der Waals surface area contributed by atoms with Gasteiger partial charge in [-0.05, 0) is 12.5 Å². The minimum absolute atomic E-state index is 0.521. The van der Waals surface area contributed by atoms with Crippen LogP contribution in [0, 0.1) is 6.92 Å². The summed E-state index contributed by atoms with van der Waals surface area (Å²) in [6.45, 7) is 2.01. The monoisotopic (exact) mass is 265 g/mol. The van der Waals surface area contributed by atoms with Crippen LogP contribution in [-0.2, 0) is 0 Å². The van der Waals surface area contributed by atoms with Crippen molar-refractivity contribution < 1.29 is 9.63 Å². The van der Waals surface area contributed by atoms with Crippen LogP contribution in [0.4, 0.5) is 0 Å². The van der Waals surface area contributed by atoms with Gasteiger partial charge in [0.25, 0.3) is 0 Å². The van der Waals surface area contributed by atoms with Gasteiger partial charge in [0, 0.05) is 11.6 Å². The summed E-state index contributed by atoms with van der Waals surface area (Å²) in [4.78, 5) is 0. The van der Waals surface area contributed by atoms with Gasteiger partial charge in [-0.15, -0.1) is 0 Å². The Labute approximate surface area is 117 Å². The van der Waals surface area contributed by atoms with E-state index in [-0.39, 0.29) is 0 Å². The van der Waals surface area contributed by atoms with E-state index >= 15 is 0 Å². The minimum atomic E-state index is -0.767. The van der Waals surface area contributed by atoms with Crippen LogP contribution in [0.5, 0.6) is 0 Å². The maximum atomic E-state index is 10.3. The molecule has 3 nitrogen and oxygen atoms in total. The summed E-state index contributed by atoms with van der Waals surface area (Å²) in [7, 11) is 0. The number of aromatic nitrogens is 1. The molecule has 2 aromatic carbocycles. The van der Waals surface area contributed by atoms with Crippen LogP contribution in [-0.4, -0.2) is 10.3 Å². The quantitative estimate of drug-likeness (QED) is 0.784. The fraction of sp³-hybridized carbons (Fsp3) is 0.118. The summed E-state index contributed by atoms with van der Waals surface area (Å²) < 4.78 is 5.31. The molecule has 0 amide bonds. The molecule has 1 heterocycles. The Morgan fingerprint density at radius 2 is 1.70 bits per heavy atom. The van der Waals surface area contributed by atoms with E-state index in [1.54, 1.807) is 6.07 Å². The van der Waals surface area contributed by atoms with Crippen molar-refractivity contribution in [1.82, 2.24) is 5.16 Å². The van der Waals surface area contributed by atoms with Crippen LogP contribution in [0.1, 0.15) is 22.9 Å². The number of hydrogen-bond donors (Lipinski definition) is 1. The molecule has 0 spiro atoms. The van der Waals surface area contributed by atoms with Gasteiger partial charge in [-0.1, -0.05) is 65.3 Å². The predicted octanol–water partition coefficient (Wildman–Crippen LogP) is 3.73. The Hall–Kier alpha value is -2.39. The molecule has 0 saturated carbocycles. The standard InChI is InChI=1S/C17H15NO2/c1-12-7-9-14(10-8-12)17(19)15-11-16(20-18-15)13-5-3-2-4-6-13/h2-11,17,19H,1H3. The number of hydrogen-bond acceptors (Lipinski definition) is 3. The molecule has 3 aromatic rings. The van der Waals surface area contributed by atoms with E-state index in [0.717, 1.165) is 16.7 Å². The molecule has 1 aromatic heterocycles. The van der Waals surface area contributed by atoms with E-state index in [1.165, 1.54) is 0 Å². The number of aryl methyl sites for hydroxylation is 1. The molecule has 3 rings (SSSR count). The van der Waals surface area contributed by atoms with Crippen LogP contribution in [0.3, 0.4) is 0 Å². The lowest BCUT2D eigenvalue weighted by Crippen LogP contribution is -1.99. The number of aliphatic hydroxyl groups is 1. The maximum absolute atomic E-state index is 10.3. The average Bonchev–Trinajstić information content (AvgIpc) is 2.98. The molecule has 1 N–H and O–H groups in total. The van der Waals surface area contributed by atoms with Crippen LogP contribution < -0.4 is 0 Å². The number of benzene rings is 2. The van der Waals surface area contributed by atoms with Crippen LogP contribution in [0.25, 0.3) is 11.3 Å². The lowest BCUT2D eigenvalue weighted by molar-refractivity contribution is 0.208. The first-order valence-corrected chi connectivity index (χ1v) is 6.51. The summed E-state index contributed by atoms with van der Waals surface area (Å²) in [5, 5.41) is 14.3. The Kier molecular flexibility index (Phi) is 3.35. The van der Waals surface area contributed by atoms with E-state index < -0.39 is 6.10 Å². The highest BCUT2D eigenvalue weighted by atomic mass is 16.5. The zero-order chi connectivity index (χ0) is 13.9. The van der Waals surface area contributed by atoms with Gasteiger partial charge in [0.15, 0.2) is 5.76 Å². The molecule has 0 saturated heterocycles. The van der Waals surface area contributed by atoms with Gasteiger partial charge in [0.05, 0.1) is 0 Å².